The molecule has 0 amide bonds. The van der Waals surface area contributed by atoms with E-state index in [2.05, 4.69) is 41.2 Å². The van der Waals surface area contributed by atoms with E-state index in [-0.39, 0.29) is 0 Å². The molecule has 4 heterocycles. The molecule has 0 spiro atoms. The van der Waals surface area contributed by atoms with Crippen molar-refractivity contribution in [3.05, 3.63) is 84.4 Å². The smallest absolute Gasteiger partial charge is 0.160 e. The Morgan fingerprint density at radius 2 is 2.11 bits per heavy atom. The predicted octanol–water partition coefficient (Wildman–Crippen LogP) is 5.36. The minimum atomic E-state index is -0.997. The van der Waals surface area contributed by atoms with Gasteiger partial charge in [-0.2, -0.15) is 14.7 Å². The van der Waals surface area contributed by atoms with Crippen LogP contribution < -0.4 is 4.90 Å². The van der Waals surface area contributed by atoms with Crippen molar-refractivity contribution in [1.82, 2.24) is 24.4 Å². The number of allylic oxidation sites excluding steroid dienone is 10. The molecule has 3 aromatic rings. The molecule has 7 nitrogen and oxygen atoms in total. The molecule has 8 heteroatoms. The molecule has 36 heavy (non-hydrogen) atoms. The number of hydrogen-bond donors (Lipinski definition) is 0. The number of aromatic nitrogens is 5. The Balaban J connectivity index is 1.64. The highest BCUT2D eigenvalue weighted by atomic mass is 19.1. The second-order valence-electron chi connectivity index (χ2n) is 8.76. The van der Waals surface area contributed by atoms with Crippen molar-refractivity contribution in [1.29, 1.82) is 0 Å². The van der Waals surface area contributed by atoms with Crippen molar-refractivity contribution in [2.75, 3.05) is 31.2 Å². The molecule has 3 aromatic heterocycles. The first-order chi connectivity index (χ1) is 17.7. The van der Waals surface area contributed by atoms with Crippen molar-refractivity contribution in [2.45, 2.75) is 32.9 Å². The largest absolute Gasteiger partial charge is 0.378 e. The third kappa shape index (κ3) is 4.95. The molecule has 2 aliphatic rings. The lowest BCUT2D eigenvalue weighted by molar-refractivity contribution is 0.122. The second kappa shape index (κ2) is 10.9. The molecule has 0 saturated carbocycles. The average Bonchev–Trinajstić information content (AvgIpc) is 3.56. The van der Waals surface area contributed by atoms with E-state index >= 15 is 0 Å². The number of morpholine rings is 1. The summed E-state index contributed by atoms with van der Waals surface area (Å²) in [7, 11) is 0. The zero-order valence-electron chi connectivity index (χ0n) is 20.7. The molecule has 1 aliphatic carbocycles. The summed E-state index contributed by atoms with van der Waals surface area (Å²) in [5.74, 6) is 1.60. The van der Waals surface area contributed by atoms with E-state index in [4.69, 9.17) is 14.8 Å². The minimum absolute atomic E-state index is 0.320. The van der Waals surface area contributed by atoms with Crippen LogP contribution in [0.2, 0.25) is 0 Å². The first-order valence-corrected chi connectivity index (χ1v) is 12.5. The van der Waals surface area contributed by atoms with E-state index in [0.29, 0.717) is 25.5 Å². The molecule has 0 radical (unpaired) electrons. The second-order valence-corrected chi connectivity index (χ2v) is 8.76. The highest BCUT2D eigenvalue weighted by molar-refractivity contribution is 5.75. The first-order valence-electron chi connectivity index (χ1n) is 12.5. The number of halogens is 1. The van der Waals surface area contributed by atoms with E-state index < -0.39 is 6.17 Å². The van der Waals surface area contributed by atoms with Crippen LogP contribution in [-0.2, 0) is 4.74 Å². The lowest BCUT2D eigenvalue weighted by Crippen LogP contribution is -2.37. The van der Waals surface area contributed by atoms with Gasteiger partial charge in [0, 0.05) is 37.2 Å². The van der Waals surface area contributed by atoms with E-state index in [1.54, 1.807) is 23.0 Å². The number of anilines is 1. The van der Waals surface area contributed by atoms with Gasteiger partial charge in [0.05, 0.1) is 30.8 Å². The normalized spacial score (nSPS) is 19.2. The van der Waals surface area contributed by atoms with Crippen LogP contribution in [0.3, 0.4) is 0 Å². The van der Waals surface area contributed by atoms with Crippen molar-refractivity contribution < 1.29 is 9.13 Å². The Morgan fingerprint density at radius 3 is 2.89 bits per heavy atom. The third-order valence-electron chi connectivity index (χ3n) is 6.24. The number of alkyl halides is 1. The predicted molar refractivity (Wildman–Crippen MR) is 142 cm³/mol. The Hall–Kier alpha value is -3.78. The van der Waals surface area contributed by atoms with E-state index in [1.165, 1.54) is 0 Å². The summed E-state index contributed by atoms with van der Waals surface area (Å²) >= 11 is 0. The summed E-state index contributed by atoms with van der Waals surface area (Å²) in [5.41, 5.74) is 4.31. The van der Waals surface area contributed by atoms with Gasteiger partial charge in [-0.3, -0.25) is 0 Å². The van der Waals surface area contributed by atoms with Gasteiger partial charge in [-0.05, 0) is 25.0 Å². The molecule has 5 rings (SSSR count). The lowest BCUT2D eigenvalue weighted by Gasteiger charge is -2.29. The van der Waals surface area contributed by atoms with Crippen LogP contribution >= 0.6 is 0 Å². The summed E-state index contributed by atoms with van der Waals surface area (Å²) in [6, 6.07) is 5.92. The Kier molecular flexibility index (Phi) is 7.23. The van der Waals surface area contributed by atoms with Crippen LogP contribution in [0.4, 0.5) is 10.2 Å². The molecular formula is C28H31FN6O. The van der Waals surface area contributed by atoms with Gasteiger partial charge in [0.25, 0.3) is 0 Å². The highest BCUT2D eigenvalue weighted by Crippen LogP contribution is 2.29. The maximum absolute atomic E-state index is 14.1. The number of hydrogen-bond acceptors (Lipinski definition) is 5. The summed E-state index contributed by atoms with van der Waals surface area (Å²) in [4.78, 5) is 7.20. The van der Waals surface area contributed by atoms with Gasteiger partial charge >= 0.3 is 0 Å². The molecule has 0 N–H and O–H groups in total. The zero-order valence-corrected chi connectivity index (χ0v) is 20.7. The SMILES string of the molecule is C\C=C/C(=C\C=C\CC)c1cc2nc(-n3nccc3C3=CC=CC(F)C3)cc(N3CCOCC3)n2n1. The fraction of sp³-hybridized carbons (Fsp3) is 0.321. The van der Waals surface area contributed by atoms with Gasteiger partial charge in [0.2, 0.25) is 0 Å². The molecule has 186 valence electrons. The minimum Gasteiger partial charge on any atom is -0.378 e. The number of rotatable bonds is 7. The highest BCUT2D eigenvalue weighted by Gasteiger charge is 2.21. The summed E-state index contributed by atoms with van der Waals surface area (Å²) in [6.45, 7) is 6.94. The van der Waals surface area contributed by atoms with E-state index in [1.807, 2.05) is 41.8 Å². The number of ether oxygens (including phenoxy) is 1. The van der Waals surface area contributed by atoms with Gasteiger partial charge in [0.15, 0.2) is 11.5 Å². The Morgan fingerprint density at radius 1 is 1.25 bits per heavy atom. The van der Waals surface area contributed by atoms with Crippen molar-refractivity contribution in [3.8, 4) is 5.82 Å². The molecule has 1 atom stereocenters. The maximum Gasteiger partial charge on any atom is 0.160 e. The molecule has 1 unspecified atom stereocenters. The standard InChI is InChI=1S/C28H31FN6O/c1-3-5-6-9-21(8-4-2)24-19-26-31-27(20-28(35(26)32-24)33-14-16-36-17-15-33)34-25(12-13-30-34)22-10-7-11-23(29)18-22/h4-13,19-20,23H,3,14-18H2,1-2H3/b6-5+,8-4-,21-9+. The van der Waals surface area contributed by atoms with Gasteiger partial charge < -0.3 is 9.64 Å². The molecule has 0 bridgehead atoms. The Bertz CT molecular complexity index is 1370. The Labute approximate surface area is 210 Å². The third-order valence-corrected chi connectivity index (χ3v) is 6.24. The molecule has 1 saturated heterocycles. The molecular weight excluding hydrogens is 455 g/mol. The van der Waals surface area contributed by atoms with Crippen LogP contribution in [0, 0.1) is 0 Å². The van der Waals surface area contributed by atoms with E-state index in [9.17, 15) is 4.39 Å². The fourth-order valence-electron chi connectivity index (χ4n) is 4.48. The van der Waals surface area contributed by atoms with E-state index in [0.717, 1.165) is 53.5 Å². The van der Waals surface area contributed by atoms with Crippen LogP contribution in [0.25, 0.3) is 22.6 Å². The summed E-state index contributed by atoms with van der Waals surface area (Å²) in [5, 5.41) is 9.51. The first kappa shape index (κ1) is 23.9. The number of nitrogens with zero attached hydrogens (tertiary/aromatic N) is 6. The summed E-state index contributed by atoms with van der Waals surface area (Å²) < 4.78 is 23.4. The zero-order chi connectivity index (χ0) is 24.9. The molecule has 0 aromatic carbocycles. The van der Waals surface area contributed by atoms with Gasteiger partial charge in [0.1, 0.15) is 12.0 Å². The molecule has 1 aliphatic heterocycles. The van der Waals surface area contributed by atoms with Gasteiger partial charge in [-0.25, -0.2) is 14.1 Å². The quantitative estimate of drug-likeness (QED) is 0.421. The molecule has 1 fully saturated rings. The van der Waals surface area contributed by atoms with Crippen LogP contribution in [0.5, 0.6) is 0 Å². The van der Waals surface area contributed by atoms with Gasteiger partial charge in [-0.1, -0.05) is 55.5 Å². The lowest BCUT2D eigenvalue weighted by atomic mass is 10.0. The van der Waals surface area contributed by atoms with Crippen LogP contribution in [0.15, 0.2) is 73.0 Å². The van der Waals surface area contributed by atoms with Crippen LogP contribution in [-0.4, -0.2) is 56.9 Å². The number of fused-ring (bicyclic) bond motifs is 1. The van der Waals surface area contributed by atoms with Crippen molar-refractivity contribution >= 4 is 22.6 Å². The average molecular weight is 487 g/mol. The van der Waals surface area contributed by atoms with Crippen molar-refractivity contribution in [2.24, 2.45) is 0 Å². The fourth-order valence-corrected chi connectivity index (χ4v) is 4.48. The maximum atomic E-state index is 14.1. The monoisotopic (exact) mass is 486 g/mol. The summed E-state index contributed by atoms with van der Waals surface area (Å²) in [6.07, 6.45) is 17.6. The van der Waals surface area contributed by atoms with Crippen molar-refractivity contribution in [3.63, 3.8) is 0 Å². The van der Waals surface area contributed by atoms with Gasteiger partial charge in [-0.15, -0.1) is 0 Å². The topological polar surface area (TPSA) is 60.5 Å². The van der Waals surface area contributed by atoms with Crippen LogP contribution in [0.1, 0.15) is 38.1 Å².